The number of Topliss-reactive ketones (excluding diaryl/α,β-unsaturated/α-hetero) is 1. The van der Waals surface area contributed by atoms with E-state index in [-0.39, 0.29) is 24.9 Å². The highest BCUT2D eigenvalue weighted by atomic mass is 16.5. The zero-order valence-corrected chi connectivity index (χ0v) is 11.8. The highest BCUT2D eigenvalue weighted by molar-refractivity contribution is 6.03. The second-order valence-corrected chi connectivity index (χ2v) is 4.38. The first-order chi connectivity index (χ1) is 10.1. The summed E-state index contributed by atoms with van der Waals surface area (Å²) in [5, 5.41) is 6.24. The molecule has 1 aromatic heterocycles. The summed E-state index contributed by atoms with van der Waals surface area (Å²) in [7, 11) is 0. The molecule has 0 radical (unpaired) electrons. The number of benzene rings is 1. The van der Waals surface area contributed by atoms with Crippen molar-refractivity contribution in [2.45, 2.75) is 20.5 Å². The number of nitrogens with zero attached hydrogens (tertiary/aromatic N) is 2. The van der Waals surface area contributed by atoms with Crippen LogP contribution in [0.2, 0.25) is 0 Å². The van der Waals surface area contributed by atoms with Gasteiger partial charge in [0.2, 0.25) is 5.91 Å². The molecule has 0 unspecified atom stereocenters. The van der Waals surface area contributed by atoms with Gasteiger partial charge in [0, 0.05) is 5.56 Å². The van der Waals surface area contributed by atoms with Crippen molar-refractivity contribution < 1.29 is 18.8 Å². The van der Waals surface area contributed by atoms with Crippen molar-refractivity contribution in [3.05, 3.63) is 41.5 Å². The Kier molecular flexibility index (Phi) is 4.78. The van der Waals surface area contributed by atoms with Gasteiger partial charge in [0.05, 0.1) is 5.69 Å². The summed E-state index contributed by atoms with van der Waals surface area (Å²) in [4.78, 5) is 27.2. The van der Waals surface area contributed by atoms with E-state index in [0.717, 1.165) is 0 Å². The van der Waals surface area contributed by atoms with E-state index in [9.17, 15) is 9.59 Å². The maximum Gasteiger partial charge on any atom is 0.252 e. The predicted octanol–water partition coefficient (Wildman–Crippen LogP) is 1.74. The summed E-state index contributed by atoms with van der Waals surface area (Å²) in [6, 6.07) is 6.79. The fourth-order valence-corrected chi connectivity index (χ4v) is 1.72. The van der Waals surface area contributed by atoms with Gasteiger partial charge in [-0.15, -0.1) is 0 Å². The third-order valence-corrected chi connectivity index (χ3v) is 2.61. The molecule has 21 heavy (non-hydrogen) atoms. The molecule has 0 atom stereocenters. The Balaban J connectivity index is 1.86. The van der Waals surface area contributed by atoms with Crippen molar-refractivity contribution in [1.82, 2.24) is 10.1 Å². The molecule has 7 heteroatoms. The third kappa shape index (κ3) is 4.22. The molecule has 2 aromatic rings. The molecule has 0 saturated carbocycles. The zero-order chi connectivity index (χ0) is 15.2. The molecule has 0 aliphatic carbocycles. The SMILES string of the molecule is CC(=O)c1ccccc1NC(=O)COCc1nc(C)no1. The molecular weight excluding hydrogens is 274 g/mol. The normalized spacial score (nSPS) is 10.4. The van der Waals surface area contributed by atoms with Crippen LogP contribution in [-0.2, 0) is 16.1 Å². The Morgan fingerprint density at radius 1 is 1.33 bits per heavy atom. The second-order valence-electron chi connectivity index (χ2n) is 4.38. The van der Waals surface area contributed by atoms with Gasteiger partial charge in [-0.1, -0.05) is 17.3 Å². The van der Waals surface area contributed by atoms with Gasteiger partial charge in [-0.05, 0) is 26.0 Å². The summed E-state index contributed by atoms with van der Waals surface area (Å²) in [6.07, 6.45) is 0. The number of anilines is 1. The molecule has 1 aromatic carbocycles. The van der Waals surface area contributed by atoms with Gasteiger partial charge in [-0.2, -0.15) is 4.98 Å². The van der Waals surface area contributed by atoms with Gasteiger partial charge in [0.25, 0.3) is 5.89 Å². The molecule has 0 aliphatic heterocycles. The number of rotatable bonds is 6. The van der Waals surface area contributed by atoms with E-state index in [1.54, 1.807) is 31.2 Å². The monoisotopic (exact) mass is 289 g/mol. The molecule has 0 saturated heterocycles. The van der Waals surface area contributed by atoms with Crippen LogP contribution in [0.4, 0.5) is 5.69 Å². The number of aromatic nitrogens is 2. The topological polar surface area (TPSA) is 94.3 Å². The Hall–Kier alpha value is -2.54. The molecule has 1 heterocycles. The van der Waals surface area contributed by atoms with Crippen LogP contribution in [-0.4, -0.2) is 28.4 Å². The number of para-hydroxylation sites is 1. The second kappa shape index (κ2) is 6.76. The highest BCUT2D eigenvalue weighted by Gasteiger charge is 2.10. The van der Waals surface area contributed by atoms with Crippen molar-refractivity contribution in [1.29, 1.82) is 0 Å². The minimum atomic E-state index is -0.361. The lowest BCUT2D eigenvalue weighted by atomic mass is 10.1. The molecule has 0 bridgehead atoms. The Morgan fingerprint density at radius 2 is 2.10 bits per heavy atom. The number of amides is 1. The summed E-state index contributed by atoms with van der Waals surface area (Å²) >= 11 is 0. The maximum absolute atomic E-state index is 11.8. The van der Waals surface area contributed by atoms with Gasteiger partial charge >= 0.3 is 0 Å². The van der Waals surface area contributed by atoms with Crippen LogP contribution >= 0.6 is 0 Å². The lowest BCUT2D eigenvalue weighted by molar-refractivity contribution is -0.121. The van der Waals surface area contributed by atoms with Gasteiger partial charge in [0.1, 0.15) is 13.2 Å². The van der Waals surface area contributed by atoms with E-state index in [2.05, 4.69) is 15.5 Å². The van der Waals surface area contributed by atoms with Crippen molar-refractivity contribution >= 4 is 17.4 Å². The van der Waals surface area contributed by atoms with Crippen LogP contribution in [0.1, 0.15) is 29.0 Å². The fraction of sp³-hybridized carbons (Fsp3) is 0.286. The maximum atomic E-state index is 11.8. The summed E-state index contributed by atoms with van der Waals surface area (Å²) in [6.45, 7) is 3.02. The number of aryl methyl sites for hydroxylation is 1. The Morgan fingerprint density at radius 3 is 2.76 bits per heavy atom. The van der Waals surface area contributed by atoms with Crippen molar-refractivity contribution in [3.63, 3.8) is 0 Å². The average Bonchev–Trinajstić information content (AvgIpc) is 2.85. The number of hydrogen-bond acceptors (Lipinski definition) is 6. The van der Waals surface area contributed by atoms with Crippen LogP contribution in [0, 0.1) is 6.92 Å². The molecular formula is C14H15N3O4. The van der Waals surface area contributed by atoms with E-state index in [1.165, 1.54) is 6.92 Å². The minimum absolute atomic E-state index is 0.0581. The number of hydrogen-bond donors (Lipinski definition) is 1. The average molecular weight is 289 g/mol. The first-order valence-corrected chi connectivity index (χ1v) is 6.33. The van der Waals surface area contributed by atoms with Gasteiger partial charge in [-0.3, -0.25) is 9.59 Å². The van der Waals surface area contributed by atoms with Crippen molar-refractivity contribution in [2.24, 2.45) is 0 Å². The van der Waals surface area contributed by atoms with Gasteiger partial charge in [0.15, 0.2) is 11.6 Å². The van der Waals surface area contributed by atoms with Crippen LogP contribution in [0.25, 0.3) is 0 Å². The van der Waals surface area contributed by atoms with E-state index in [1.807, 2.05) is 0 Å². The zero-order valence-electron chi connectivity index (χ0n) is 11.8. The molecule has 1 N–H and O–H groups in total. The molecule has 110 valence electrons. The smallest absolute Gasteiger partial charge is 0.252 e. The van der Waals surface area contributed by atoms with Crippen LogP contribution in [0.15, 0.2) is 28.8 Å². The largest absolute Gasteiger partial charge is 0.362 e. The van der Waals surface area contributed by atoms with Crippen molar-refractivity contribution in [2.75, 3.05) is 11.9 Å². The Labute approximate surface area is 121 Å². The summed E-state index contributed by atoms with van der Waals surface area (Å²) in [5.41, 5.74) is 0.922. The number of ketones is 1. The van der Waals surface area contributed by atoms with Crippen molar-refractivity contribution in [3.8, 4) is 0 Å². The molecule has 0 fully saturated rings. The predicted molar refractivity (Wildman–Crippen MR) is 73.8 cm³/mol. The van der Waals surface area contributed by atoms with Crippen LogP contribution < -0.4 is 5.32 Å². The fourth-order valence-electron chi connectivity index (χ4n) is 1.72. The number of nitrogens with one attached hydrogen (secondary N) is 1. The lowest BCUT2D eigenvalue weighted by Gasteiger charge is -2.08. The number of carbonyl (C=O) groups is 2. The van der Waals surface area contributed by atoms with E-state index in [4.69, 9.17) is 9.26 Å². The number of carbonyl (C=O) groups excluding carboxylic acids is 2. The third-order valence-electron chi connectivity index (χ3n) is 2.61. The Bertz CT molecular complexity index is 651. The van der Waals surface area contributed by atoms with Crippen LogP contribution in [0.3, 0.4) is 0 Å². The van der Waals surface area contributed by atoms with Gasteiger partial charge in [-0.25, -0.2) is 0 Å². The quantitative estimate of drug-likeness (QED) is 0.814. The van der Waals surface area contributed by atoms with E-state index in [0.29, 0.717) is 23.0 Å². The minimum Gasteiger partial charge on any atom is -0.362 e. The molecule has 2 rings (SSSR count). The number of ether oxygens (including phenoxy) is 1. The lowest BCUT2D eigenvalue weighted by Crippen LogP contribution is -2.19. The molecule has 0 spiro atoms. The van der Waals surface area contributed by atoms with Crippen LogP contribution in [0.5, 0.6) is 0 Å². The first-order valence-electron chi connectivity index (χ1n) is 6.33. The van der Waals surface area contributed by atoms with E-state index < -0.39 is 0 Å². The standard InChI is InChI=1S/C14H15N3O4/c1-9(18)11-5-3-4-6-12(11)16-13(19)7-20-8-14-15-10(2)17-21-14/h3-6H,7-8H2,1-2H3,(H,16,19). The first kappa shape index (κ1) is 14.9. The highest BCUT2D eigenvalue weighted by Crippen LogP contribution is 2.15. The summed E-state index contributed by atoms with van der Waals surface area (Å²) in [5.74, 6) is 0.339. The molecule has 1 amide bonds. The van der Waals surface area contributed by atoms with E-state index >= 15 is 0 Å². The molecule has 0 aliphatic rings. The summed E-state index contributed by atoms with van der Waals surface area (Å²) < 4.78 is 10.0. The molecule has 7 nitrogen and oxygen atoms in total. The van der Waals surface area contributed by atoms with Gasteiger partial charge < -0.3 is 14.6 Å².